The number of hydrogen-bond acceptors (Lipinski definition) is 6. The van der Waals surface area contributed by atoms with Gasteiger partial charge in [0.05, 0.1) is 18.6 Å². The molecule has 8 heteroatoms. The second-order valence-corrected chi connectivity index (χ2v) is 11.1. The topological polar surface area (TPSA) is 96.4 Å². The fourth-order valence-electron chi connectivity index (χ4n) is 6.82. The van der Waals surface area contributed by atoms with Crippen LogP contribution in [0, 0.1) is 11.8 Å². The van der Waals surface area contributed by atoms with Crippen LogP contribution in [-0.2, 0) is 23.9 Å². The van der Waals surface area contributed by atoms with E-state index in [0.717, 1.165) is 35.7 Å². The Kier molecular flexibility index (Phi) is 7.47. The Morgan fingerprint density at radius 1 is 0.950 bits per heavy atom. The van der Waals surface area contributed by atoms with E-state index in [2.05, 4.69) is 0 Å². The highest BCUT2D eigenvalue weighted by Gasteiger charge is 2.71. The first-order chi connectivity index (χ1) is 19.5. The summed E-state index contributed by atoms with van der Waals surface area (Å²) in [5.74, 6) is -2.54. The van der Waals surface area contributed by atoms with Gasteiger partial charge in [0.2, 0.25) is 5.91 Å². The van der Waals surface area contributed by atoms with Gasteiger partial charge in [-0.15, -0.1) is 0 Å². The van der Waals surface area contributed by atoms with Crippen LogP contribution in [0.4, 0.5) is 5.69 Å². The summed E-state index contributed by atoms with van der Waals surface area (Å²) in [4.78, 5) is 45.4. The van der Waals surface area contributed by atoms with Crippen molar-refractivity contribution in [2.24, 2.45) is 11.8 Å². The van der Waals surface area contributed by atoms with Crippen LogP contribution in [0.1, 0.15) is 38.5 Å². The first-order valence-electron chi connectivity index (χ1n) is 14.5. The molecule has 0 aliphatic carbocycles. The van der Waals surface area contributed by atoms with Crippen LogP contribution in [-0.4, -0.2) is 71.8 Å². The first-order valence-corrected chi connectivity index (χ1v) is 14.5. The van der Waals surface area contributed by atoms with E-state index in [1.165, 1.54) is 0 Å². The third-order valence-corrected chi connectivity index (χ3v) is 8.70. The van der Waals surface area contributed by atoms with Gasteiger partial charge < -0.3 is 24.4 Å². The van der Waals surface area contributed by atoms with Gasteiger partial charge in [0.15, 0.2) is 0 Å². The summed E-state index contributed by atoms with van der Waals surface area (Å²) in [6.45, 7) is 1.14. The van der Waals surface area contributed by atoms with Crippen molar-refractivity contribution in [2.75, 3.05) is 31.2 Å². The van der Waals surface area contributed by atoms with Gasteiger partial charge in [-0.25, -0.2) is 0 Å². The summed E-state index contributed by atoms with van der Waals surface area (Å²) in [6.07, 6.45) is 11.5. The standard InChI is InChI=1S/C32H36N2O6/c35-19-8-2-1-7-17-34-28-30(37)33(24-15-14-22-11-5-6-12-23(22)21-24)18-10-16-32(28)27(29(34)36)26-25(40-32)13-4-3-9-20-39-31(26)38/h4-6,10-16,21,25-28,35H,1-3,7-9,17-20H2/b13-4-/t25-,26+,27-,28?,32-/m0/s1. The van der Waals surface area contributed by atoms with E-state index >= 15 is 0 Å². The molecule has 4 aliphatic rings. The number of allylic oxidation sites excluding steroid dienone is 1. The lowest BCUT2D eigenvalue weighted by molar-refractivity contribution is -0.154. The van der Waals surface area contributed by atoms with E-state index in [9.17, 15) is 14.4 Å². The molecule has 8 nitrogen and oxygen atoms in total. The Morgan fingerprint density at radius 2 is 1.77 bits per heavy atom. The molecule has 0 aromatic heterocycles. The zero-order valence-electron chi connectivity index (χ0n) is 22.6. The van der Waals surface area contributed by atoms with Crippen molar-refractivity contribution in [2.45, 2.75) is 56.3 Å². The third kappa shape index (κ3) is 4.53. The Morgan fingerprint density at radius 3 is 2.62 bits per heavy atom. The highest BCUT2D eigenvalue weighted by Crippen LogP contribution is 2.53. The highest BCUT2D eigenvalue weighted by atomic mass is 16.6. The number of esters is 1. The SMILES string of the molecule is O=C1OCCC/C=C\[C@@H]2O[C@]34C=CCN(c5ccc6ccccc6c5)C(=O)C3N(CCCCCCO)C(=O)[C@@H]4[C@H]12. The smallest absolute Gasteiger partial charge is 0.312 e. The molecule has 1 N–H and O–H groups in total. The summed E-state index contributed by atoms with van der Waals surface area (Å²) in [6, 6.07) is 13.0. The molecule has 2 amide bonds. The van der Waals surface area contributed by atoms with E-state index in [0.29, 0.717) is 39.0 Å². The zero-order chi connectivity index (χ0) is 27.7. The van der Waals surface area contributed by atoms with Gasteiger partial charge in [-0.3, -0.25) is 14.4 Å². The molecule has 40 heavy (non-hydrogen) atoms. The molecule has 210 valence electrons. The number of likely N-dealkylation sites (tertiary alicyclic amines) is 1. The molecule has 4 aliphatic heterocycles. The largest absolute Gasteiger partial charge is 0.465 e. The minimum Gasteiger partial charge on any atom is -0.465 e. The number of nitrogens with zero attached hydrogens (tertiary/aromatic N) is 2. The number of anilines is 1. The van der Waals surface area contributed by atoms with Crippen molar-refractivity contribution in [3.05, 3.63) is 66.8 Å². The van der Waals surface area contributed by atoms with Crippen LogP contribution in [0.3, 0.4) is 0 Å². The first kappa shape index (κ1) is 26.7. The van der Waals surface area contributed by atoms with E-state index < -0.39 is 35.6 Å². The monoisotopic (exact) mass is 544 g/mol. The summed E-state index contributed by atoms with van der Waals surface area (Å²) in [5.41, 5.74) is -0.507. The minimum atomic E-state index is -1.26. The number of unbranched alkanes of at least 4 members (excludes halogenated alkanes) is 3. The minimum absolute atomic E-state index is 0.132. The molecular weight excluding hydrogens is 508 g/mol. The van der Waals surface area contributed by atoms with Gasteiger partial charge in [0.1, 0.15) is 17.6 Å². The van der Waals surface area contributed by atoms with Crippen LogP contribution >= 0.6 is 0 Å². The summed E-state index contributed by atoms with van der Waals surface area (Å²) in [7, 11) is 0. The van der Waals surface area contributed by atoms with Crippen LogP contribution in [0.15, 0.2) is 66.8 Å². The second-order valence-electron chi connectivity index (χ2n) is 11.1. The predicted octanol–water partition coefficient (Wildman–Crippen LogP) is 3.77. The lowest BCUT2D eigenvalue weighted by Gasteiger charge is -2.35. The normalized spacial score (nSPS) is 30.7. The van der Waals surface area contributed by atoms with E-state index in [1.807, 2.05) is 66.8 Å². The van der Waals surface area contributed by atoms with Crippen molar-refractivity contribution in [1.82, 2.24) is 4.90 Å². The lowest BCUT2D eigenvalue weighted by Crippen LogP contribution is -2.55. The number of rotatable bonds is 7. The van der Waals surface area contributed by atoms with Crippen molar-refractivity contribution >= 4 is 34.2 Å². The quantitative estimate of drug-likeness (QED) is 0.324. The van der Waals surface area contributed by atoms with Crippen molar-refractivity contribution in [3.8, 4) is 0 Å². The maximum atomic E-state index is 14.5. The molecule has 1 unspecified atom stereocenters. The Bertz CT molecular complexity index is 1350. The molecule has 6 rings (SSSR count). The summed E-state index contributed by atoms with van der Waals surface area (Å²) in [5, 5.41) is 11.3. The summed E-state index contributed by atoms with van der Waals surface area (Å²) < 4.78 is 12.3. The Balaban J connectivity index is 1.39. The Hall–Kier alpha value is -3.49. The van der Waals surface area contributed by atoms with Gasteiger partial charge in [-0.05, 0) is 48.6 Å². The van der Waals surface area contributed by atoms with E-state index in [-0.39, 0.29) is 18.4 Å². The second kappa shape index (κ2) is 11.2. The molecule has 1 spiro atoms. The third-order valence-electron chi connectivity index (χ3n) is 8.70. The van der Waals surface area contributed by atoms with Gasteiger partial charge in [-0.2, -0.15) is 0 Å². The van der Waals surface area contributed by atoms with Crippen LogP contribution in [0.5, 0.6) is 0 Å². The van der Waals surface area contributed by atoms with Crippen molar-refractivity contribution in [1.29, 1.82) is 0 Å². The van der Waals surface area contributed by atoms with E-state index in [1.54, 1.807) is 9.80 Å². The molecule has 2 fully saturated rings. The number of ether oxygens (including phenoxy) is 2. The number of aliphatic hydroxyl groups excluding tert-OH is 1. The maximum absolute atomic E-state index is 14.5. The average Bonchev–Trinajstić information content (AvgIpc) is 3.37. The number of fused-ring (bicyclic) bond motifs is 3. The molecular formula is C32H36N2O6. The average molecular weight is 545 g/mol. The number of cyclic esters (lactones) is 1. The fourth-order valence-corrected chi connectivity index (χ4v) is 6.82. The van der Waals surface area contributed by atoms with Gasteiger partial charge >= 0.3 is 5.97 Å². The summed E-state index contributed by atoms with van der Waals surface area (Å²) >= 11 is 0. The fraction of sp³-hybridized carbons (Fsp3) is 0.469. The van der Waals surface area contributed by atoms with Crippen molar-refractivity contribution < 1.29 is 29.0 Å². The van der Waals surface area contributed by atoms with Crippen LogP contribution in [0.2, 0.25) is 0 Å². The number of hydrogen-bond donors (Lipinski definition) is 1. The molecule has 0 bridgehead atoms. The predicted molar refractivity (Wildman–Crippen MR) is 150 cm³/mol. The lowest BCUT2D eigenvalue weighted by atomic mass is 9.78. The number of carbonyl (C=O) groups is 3. The molecule has 2 aromatic rings. The molecule has 2 saturated heterocycles. The maximum Gasteiger partial charge on any atom is 0.312 e. The molecule has 0 saturated carbocycles. The number of benzene rings is 2. The zero-order valence-corrected chi connectivity index (χ0v) is 22.6. The van der Waals surface area contributed by atoms with E-state index in [4.69, 9.17) is 14.6 Å². The molecule has 5 atom stereocenters. The highest BCUT2D eigenvalue weighted by molar-refractivity contribution is 6.06. The number of carbonyl (C=O) groups excluding carboxylic acids is 3. The van der Waals surface area contributed by atoms with Crippen LogP contribution in [0.25, 0.3) is 10.8 Å². The molecule has 4 heterocycles. The molecule has 0 radical (unpaired) electrons. The van der Waals surface area contributed by atoms with Crippen LogP contribution < -0.4 is 4.90 Å². The van der Waals surface area contributed by atoms with Gasteiger partial charge in [-0.1, -0.05) is 67.5 Å². The van der Waals surface area contributed by atoms with Gasteiger partial charge in [0, 0.05) is 25.4 Å². The van der Waals surface area contributed by atoms with Crippen molar-refractivity contribution in [3.63, 3.8) is 0 Å². The number of amides is 2. The molecule has 2 aromatic carbocycles. The Labute approximate surface area is 234 Å². The van der Waals surface area contributed by atoms with Gasteiger partial charge in [0.25, 0.3) is 5.91 Å². The number of aliphatic hydroxyl groups is 1.